The van der Waals surface area contributed by atoms with Crippen LogP contribution in [0.2, 0.25) is 0 Å². The first-order chi connectivity index (χ1) is 11.2. The molecule has 0 aliphatic carbocycles. The molecule has 0 rings (SSSR count). The standard InChI is InChI=1S/C20H36O3/c1-4-7-8-9-10-11-12-13-14-15-16-17-18(19(21)5-2)20(22)23-6-3/h10-11,18H,4-9,12-17H2,1-3H3/b11-10-. The van der Waals surface area contributed by atoms with Gasteiger partial charge in [0.1, 0.15) is 11.7 Å². The first kappa shape index (κ1) is 21.9. The summed E-state index contributed by atoms with van der Waals surface area (Å²) >= 11 is 0. The van der Waals surface area contributed by atoms with Crippen LogP contribution in [0, 0.1) is 5.92 Å². The molecule has 0 saturated carbocycles. The number of rotatable bonds is 15. The fourth-order valence-electron chi connectivity index (χ4n) is 2.61. The Morgan fingerprint density at radius 3 is 2.04 bits per heavy atom. The Hall–Kier alpha value is -1.12. The van der Waals surface area contributed by atoms with E-state index in [1.54, 1.807) is 13.8 Å². The summed E-state index contributed by atoms with van der Waals surface area (Å²) in [6.45, 7) is 6.16. The molecule has 0 saturated heterocycles. The maximum atomic E-state index is 11.8. The van der Waals surface area contributed by atoms with Gasteiger partial charge in [-0.05, 0) is 39.0 Å². The van der Waals surface area contributed by atoms with E-state index in [0.717, 1.165) is 25.7 Å². The van der Waals surface area contributed by atoms with Crippen LogP contribution in [-0.4, -0.2) is 18.4 Å². The molecule has 0 aliphatic heterocycles. The van der Waals surface area contributed by atoms with Gasteiger partial charge in [-0.3, -0.25) is 9.59 Å². The zero-order valence-corrected chi connectivity index (χ0v) is 15.4. The summed E-state index contributed by atoms with van der Waals surface area (Å²) in [5.41, 5.74) is 0. The molecule has 23 heavy (non-hydrogen) atoms. The second-order valence-corrected chi connectivity index (χ2v) is 6.08. The van der Waals surface area contributed by atoms with Gasteiger partial charge in [0.2, 0.25) is 0 Å². The van der Waals surface area contributed by atoms with Gasteiger partial charge in [-0.2, -0.15) is 0 Å². The van der Waals surface area contributed by atoms with Crippen LogP contribution in [-0.2, 0) is 14.3 Å². The van der Waals surface area contributed by atoms with Gasteiger partial charge >= 0.3 is 5.97 Å². The average molecular weight is 325 g/mol. The Morgan fingerprint density at radius 1 is 0.870 bits per heavy atom. The normalized spacial score (nSPS) is 12.5. The predicted octanol–water partition coefficient (Wildman–Crippen LogP) is 5.62. The van der Waals surface area contributed by atoms with Crippen molar-refractivity contribution in [3.05, 3.63) is 12.2 Å². The lowest BCUT2D eigenvalue weighted by molar-refractivity contribution is -0.151. The van der Waals surface area contributed by atoms with Crippen LogP contribution in [0.25, 0.3) is 0 Å². The Morgan fingerprint density at radius 2 is 1.48 bits per heavy atom. The Balaban J connectivity index is 3.74. The smallest absolute Gasteiger partial charge is 0.316 e. The monoisotopic (exact) mass is 324 g/mol. The zero-order valence-electron chi connectivity index (χ0n) is 15.4. The van der Waals surface area contributed by atoms with Gasteiger partial charge in [0.15, 0.2) is 0 Å². The minimum atomic E-state index is -0.543. The molecule has 1 unspecified atom stereocenters. The summed E-state index contributed by atoms with van der Waals surface area (Å²) in [5.74, 6) is -0.869. The molecule has 3 heteroatoms. The molecule has 0 amide bonds. The molecule has 0 fully saturated rings. The first-order valence-corrected chi connectivity index (χ1v) is 9.51. The van der Waals surface area contributed by atoms with Crippen molar-refractivity contribution in [1.82, 2.24) is 0 Å². The second kappa shape index (κ2) is 15.8. The third kappa shape index (κ3) is 12.0. The van der Waals surface area contributed by atoms with E-state index in [1.807, 2.05) is 0 Å². The summed E-state index contributed by atoms with van der Waals surface area (Å²) in [4.78, 5) is 23.6. The highest BCUT2D eigenvalue weighted by atomic mass is 16.5. The highest BCUT2D eigenvalue weighted by Crippen LogP contribution is 2.16. The van der Waals surface area contributed by atoms with E-state index in [4.69, 9.17) is 4.74 Å². The molecule has 0 radical (unpaired) electrons. The summed E-state index contributed by atoms with van der Waals surface area (Å²) in [5, 5.41) is 0. The molecule has 0 aliphatic rings. The van der Waals surface area contributed by atoms with Gasteiger partial charge < -0.3 is 4.74 Å². The fourth-order valence-corrected chi connectivity index (χ4v) is 2.61. The minimum Gasteiger partial charge on any atom is -0.465 e. The van der Waals surface area contributed by atoms with E-state index in [9.17, 15) is 9.59 Å². The highest BCUT2D eigenvalue weighted by Gasteiger charge is 2.25. The maximum absolute atomic E-state index is 11.8. The van der Waals surface area contributed by atoms with Crippen LogP contribution < -0.4 is 0 Å². The van der Waals surface area contributed by atoms with Crippen LogP contribution in [0.3, 0.4) is 0 Å². The van der Waals surface area contributed by atoms with Crippen LogP contribution >= 0.6 is 0 Å². The van der Waals surface area contributed by atoms with Crippen molar-refractivity contribution in [3.8, 4) is 0 Å². The number of ketones is 1. The number of esters is 1. The lowest BCUT2D eigenvalue weighted by Gasteiger charge is -2.13. The van der Waals surface area contributed by atoms with Crippen molar-refractivity contribution in [2.75, 3.05) is 6.61 Å². The third-order valence-corrected chi connectivity index (χ3v) is 4.06. The Labute approximate surface area is 142 Å². The lowest BCUT2D eigenvalue weighted by Crippen LogP contribution is -2.25. The summed E-state index contributed by atoms with van der Waals surface area (Å²) in [7, 11) is 0. The molecule has 0 aromatic rings. The number of unbranched alkanes of at least 4 members (excludes halogenated alkanes) is 7. The van der Waals surface area contributed by atoms with E-state index in [2.05, 4.69) is 19.1 Å². The number of allylic oxidation sites excluding steroid dienone is 2. The quantitative estimate of drug-likeness (QED) is 0.170. The molecule has 1 atom stereocenters. The van der Waals surface area contributed by atoms with Crippen LogP contribution in [0.5, 0.6) is 0 Å². The Kier molecular flexibility index (Phi) is 15.0. The van der Waals surface area contributed by atoms with Crippen LogP contribution in [0.1, 0.15) is 91.4 Å². The first-order valence-electron chi connectivity index (χ1n) is 9.51. The van der Waals surface area contributed by atoms with Crippen LogP contribution in [0.4, 0.5) is 0 Å². The molecule has 0 heterocycles. The van der Waals surface area contributed by atoms with E-state index in [1.165, 1.54) is 32.1 Å². The SMILES string of the molecule is CCCCC/C=C\CCCCCCC(C(=O)CC)C(=O)OCC. The molecule has 3 nitrogen and oxygen atoms in total. The number of carbonyl (C=O) groups excluding carboxylic acids is 2. The Bertz CT molecular complexity index is 334. The number of hydrogen-bond donors (Lipinski definition) is 0. The van der Waals surface area contributed by atoms with Gasteiger partial charge in [0.05, 0.1) is 6.61 Å². The van der Waals surface area contributed by atoms with Gasteiger partial charge in [0.25, 0.3) is 0 Å². The number of carbonyl (C=O) groups is 2. The average Bonchev–Trinajstić information content (AvgIpc) is 2.55. The number of ether oxygens (including phenoxy) is 1. The zero-order chi connectivity index (χ0) is 17.3. The highest BCUT2D eigenvalue weighted by molar-refractivity contribution is 5.98. The maximum Gasteiger partial charge on any atom is 0.316 e. The molecule has 0 spiro atoms. The van der Waals surface area contributed by atoms with E-state index in [0.29, 0.717) is 19.4 Å². The second-order valence-electron chi connectivity index (χ2n) is 6.08. The molecular weight excluding hydrogens is 288 g/mol. The lowest BCUT2D eigenvalue weighted by atomic mass is 9.95. The largest absolute Gasteiger partial charge is 0.465 e. The molecule has 0 N–H and O–H groups in total. The molecule has 0 bridgehead atoms. The molecular formula is C20H36O3. The number of Topliss-reactive ketones (excluding diaryl/α,β-unsaturated/α-hetero) is 1. The topological polar surface area (TPSA) is 43.4 Å². The van der Waals surface area contributed by atoms with E-state index >= 15 is 0 Å². The van der Waals surface area contributed by atoms with Gasteiger partial charge in [0, 0.05) is 6.42 Å². The predicted molar refractivity (Wildman–Crippen MR) is 96.4 cm³/mol. The minimum absolute atomic E-state index is 0.0125. The van der Waals surface area contributed by atoms with Gasteiger partial charge in [-0.1, -0.05) is 58.1 Å². The fraction of sp³-hybridized carbons (Fsp3) is 0.800. The summed E-state index contributed by atoms with van der Waals surface area (Å²) in [6.07, 6.45) is 16.2. The van der Waals surface area contributed by atoms with Crippen molar-refractivity contribution in [1.29, 1.82) is 0 Å². The van der Waals surface area contributed by atoms with Crippen molar-refractivity contribution < 1.29 is 14.3 Å². The molecule has 134 valence electrons. The van der Waals surface area contributed by atoms with Crippen molar-refractivity contribution in [2.45, 2.75) is 91.4 Å². The third-order valence-electron chi connectivity index (χ3n) is 4.06. The van der Waals surface area contributed by atoms with Crippen molar-refractivity contribution in [3.63, 3.8) is 0 Å². The number of hydrogen-bond acceptors (Lipinski definition) is 3. The van der Waals surface area contributed by atoms with E-state index in [-0.39, 0.29) is 11.8 Å². The molecule has 0 aromatic heterocycles. The van der Waals surface area contributed by atoms with E-state index < -0.39 is 5.92 Å². The summed E-state index contributed by atoms with van der Waals surface area (Å²) < 4.78 is 5.01. The van der Waals surface area contributed by atoms with Crippen molar-refractivity contribution in [2.24, 2.45) is 5.92 Å². The van der Waals surface area contributed by atoms with Crippen molar-refractivity contribution >= 4 is 11.8 Å². The summed E-state index contributed by atoms with van der Waals surface area (Å²) in [6, 6.07) is 0. The van der Waals surface area contributed by atoms with Gasteiger partial charge in [-0.15, -0.1) is 0 Å². The molecule has 0 aromatic carbocycles. The van der Waals surface area contributed by atoms with Crippen LogP contribution in [0.15, 0.2) is 12.2 Å². The van der Waals surface area contributed by atoms with Gasteiger partial charge in [-0.25, -0.2) is 0 Å².